The Hall–Kier alpha value is -2.82. The van der Waals surface area contributed by atoms with Crippen LogP contribution in [0.1, 0.15) is 15.9 Å². The van der Waals surface area contributed by atoms with Gasteiger partial charge in [0.2, 0.25) is 0 Å². The minimum absolute atomic E-state index is 0.0970. The van der Waals surface area contributed by atoms with E-state index in [-0.39, 0.29) is 17.4 Å². The van der Waals surface area contributed by atoms with Crippen LogP contribution in [0.2, 0.25) is 0 Å². The van der Waals surface area contributed by atoms with Crippen LogP contribution in [0.5, 0.6) is 11.5 Å². The molecule has 0 fully saturated rings. The standard InChI is InChI=1S/C14H12N2O3/c17-12-6-4-11(5-7-12)14(19)16-15-9-10-2-1-3-13(18)8-10/h1-9,17-18H,(H,16,19)/b15-9+. The Morgan fingerprint density at radius 1 is 1.05 bits per heavy atom. The first-order chi connectivity index (χ1) is 9.15. The lowest BCUT2D eigenvalue weighted by molar-refractivity contribution is 0.0955. The van der Waals surface area contributed by atoms with Gasteiger partial charge in [0.05, 0.1) is 6.21 Å². The number of hydrazone groups is 1. The molecule has 3 N–H and O–H groups in total. The maximum atomic E-state index is 11.7. The molecule has 0 atom stereocenters. The lowest BCUT2D eigenvalue weighted by Gasteiger charge is -2.00. The summed E-state index contributed by atoms with van der Waals surface area (Å²) in [5.74, 6) is -0.148. The van der Waals surface area contributed by atoms with Gasteiger partial charge in [-0.15, -0.1) is 0 Å². The highest BCUT2D eigenvalue weighted by Crippen LogP contribution is 2.10. The Balaban J connectivity index is 1.98. The van der Waals surface area contributed by atoms with Gasteiger partial charge in [-0.2, -0.15) is 5.10 Å². The predicted octanol–water partition coefficient (Wildman–Crippen LogP) is 1.86. The number of rotatable bonds is 3. The van der Waals surface area contributed by atoms with Crippen LogP contribution in [0.25, 0.3) is 0 Å². The van der Waals surface area contributed by atoms with Crippen LogP contribution in [-0.2, 0) is 0 Å². The highest BCUT2D eigenvalue weighted by molar-refractivity contribution is 5.95. The minimum Gasteiger partial charge on any atom is -0.508 e. The highest BCUT2D eigenvalue weighted by atomic mass is 16.3. The fraction of sp³-hybridized carbons (Fsp3) is 0. The summed E-state index contributed by atoms with van der Waals surface area (Å²) in [5.41, 5.74) is 3.42. The third-order valence-electron chi connectivity index (χ3n) is 2.38. The Bertz CT molecular complexity index is 606. The number of phenolic OH excluding ortho intramolecular Hbond substituents is 2. The van der Waals surface area contributed by atoms with Gasteiger partial charge in [0.15, 0.2) is 0 Å². The summed E-state index contributed by atoms with van der Waals surface area (Å²) in [6.45, 7) is 0. The third kappa shape index (κ3) is 3.57. The average molecular weight is 256 g/mol. The molecule has 0 aliphatic rings. The van der Waals surface area contributed by atoms with Crippen molar-refractivity contribution in [2.75, 3.05) is 0 Å². The number of carbonyl (C=O) groups excluding carboxylic acids is 1. The summed E-state index contributed by atoms with van der Waals surface area (Å²) in [6.07, 6.45) is 1.43. The van der Waals surface area contributed by atoms with Crippen LogP contribution in [0.4, 0.5) is 0 Å². The summed E-state index contributed by atoms with van der Waals surface area (Å²) in [5, 5.41) is 22.1. The van der Waals surface area contributed by atoms with Crippen LogP contribution in [-0.4, -0.2) is 22.3 Å². The van der Waals surface area contributed by atoms with E-state index < -0.39 is 0 Å². The van der Waals surface area contributed by atoms with E-state index in [0.717, 1.165) is 0 Å². The van der Waals surface area contributed by atoms with Crippen LogP contribution in [0, 0.1) is 0 Å². The molecular weight excluding hydrogens is 244 g/mol. The molecule has 0 unspecified atom stereocenters. The number of amides is 1. The molecule has 2 rings (SSSR count). The molecule has 5 heteroatoms. The zero-order valence-electron chi connectivity index (χ0n) is 9.95. The van der Waals surface area contributed by atoms with Crippen molar-refractivity contribution in [2.24, 2.45) is 5.10 Å². The summed E-state index contributed by atoms with van der Waals surface area (Å²) < 4.78 is 0. The maximum absolute atomic E-state index is 11.7. The zero-order chi connectivity index (χ0) is 13.7. The lowest BCUT2D eigenvalue weighted by atomic mass is 10.2. The van der Waals surface area contributed by atoms with E-state index in [4.69, 9.17) is 5.11 Å². The molecule has 96 valence electrons. The molecule has 0 aromatic heterocycles. The largest absolute Gasteiger partial charge is 0.508 e. The second kappa shape index (κ2) is 5.68. The molecule has 0 heterocycles. The summed E-state index contributed by atoms with van der Waals surface area (Å²) >= 11 is 0. The number of phenols is 2. The van der Waals surface area contributed by atoms with E-state index in [1.165, 1.54) is 36.5 Å². The number of nitrogens with one attached hydrogen (secondary N) is 1. The fourth-order valence-corrected chi connectivity index (χ4v) is 1.45. The highest BCUT2D eigenvalue weighted by Gasteiger charge is 2.03. The predicted molar refractivity (Wildman–Crippen MR) is 71.3 cm³/mol. The van der Waals surface area contributed by atoms with E-state index in [1.54, 1.807) is 18.2 Å². The van der Waals surface area contributed by atoms with Crippen LogP contribution >= 0.6 is 0 Å². The number of hydrogen-bond donors (Lipinski definition) is 3. The molecule has 0 aliphatic carbocycles. The molecular formula is C14H12N2O3. The molecule has 0 aliphatic heterocycles. The Labute approximate surface area is 109 Å². The second-order valence-electron chi connectivity index (χ2n) is 3.84. The minimum atomic E-state index is -0.378. The zero-order valence-corrected chi connectivity index (χ0v) is 9.95. The Morgan fingerprint density at radius 3 is 2.47 bits per heavy atom. The van der Waals surface area contributed by atoms with Gasteiger partial charge in [0, 0.05) is 5.56 Å². The van der Waals surface area contributed by atoms with Gasteiger partial charge in [0.1, 0.15) is 11.5 Å². The topological polar surface area (TPSA) is 81.9 Å². The van der Waals surface area contributed by atoms with Gasteiger partial charge in [0.25, 0.3) is 5.91 Å². The SMILES string of the molecule is O=C(N/N=C/c1cccc(O)c1)c1ccc(O)cc1. The average Bonchev–Trinajstić information content (AvgIpc) is 2.39. The molecule has 2 aromatic carbocycles. The van der Waals surface area contributed by atoms with Crippen molar-refractivity contribution >= 4 is 12.1 Å². The van der Waals surface area contributed by atoms with Crippen molar-refractivity contribution in [1.82, 2.24) is 5.43 Å². The van der Waals surface area contributed by atoms with Crippen LogP contribution < -0.4 is 5.43 Å². The van der Waals surface area contributed by atoms with Crippen LogP contribution in [0.15, 0.2) is 53.6 Å². The van der Waals surface area contributed by atoms with E-state index in [0.29, 0.717) is 11.1 Å². The van der Waals surface area contributed by atoms with E-state index in [1.807, 2.05) is 0 Å². The van der Waals surface area contributed by atoms with Crippen molar-refractivity contribution < 1.29 is 15.0 Å². The van der Waals surface area contributed by atoms with Gasteiger partial charge in [-0.25, -0.2) is 5.43 Å². The Kier molecular flexibility index (Phi) is 3.78. The first-order valence-corrected chi connectivity index (χ1v) is 5.56. The smallest absolute Gasteiger partial charge is 0.271 e. The summed E-state index contributed by atoms with van der Waals surface area (Å²) in [7, 11) is 0. The molecule has 5 nitrogen and oxygen atoms in total. The second-order valence-corrected chi connectivity index (χ2v) is 3.84. The van der Waals surface area contributed by atoms with Crippen molar-refractivity contribution in [3.05, 3.63) is 59.7 Å². The van der Waals surface area contributed by atoms with E-state index in [9.17, 15) is 9.90 Å². The maximum Gasteiger partial charge on any atom is 0.271 e. The van der Waals surface area contributed by atoms with Gasteiger partial charge < -0.3 is 10.2 Å². The number of carbonyl (C=O) groups is 1. The van der Waals surface area contributed by atoms with Crippen molar-refractivity contribution in [3.8, 4) is 11.5 Å². The quantitative estimate of drug-likeness (QED) is 0.579. The summed E-state index contributed by atoms with van der Waals surface area (Å²) in [4.78, 5) is 11.7. The van der Waals surface area contributed by atoms with Crippen molar-refractivity contribution in [2.45, 2.75) is 0 Å². The van der Waals surface area contributed by atoms with Gasteiger partial charge in [-0.1, -0.05) is 12.1 Å². The first-order valence-electron chi connectivity index (χ1n) is 5.56. The molecule has 0 saturated heterocycles. The molecule has 0 radical (unpaired) electrons. The van der Waals surface area contributed by atoms with E-state index in [2.05, 4.69) is 10.5 Å². The van der Waals surface area contributed by atoms with E-state index >= 15 is 0 Å². The first kappa shape index (κ1) is 12.6. The normalized spacial score (nSPS) is 10.5. The molecule has 19 heavy (non-hydrogen) atoms. The van der Waals surface area contributed by atoms with Gasteiger partial charge >= 0.3 is 0 Å². The van der Waals surface area contributed by atoms with Crippen molar-refractivity contribution in [3.63, 3.8) is 0 Å². The molecule has 0 spiro atoms. The Morgan fingerprint density at radius 2 is 1.79 bits per heavy atom. The molecule has 0 bridgehead atoms. The fourth-order valence-electron chi connectivity index (χ4n) is 1.45. The number of hydrogen-bond acceptors (Lipinski definition) is 4. The lowest BCUT2D eigenvalue weighted by Crippen LogP contribution is -2.17. The van der Waals surface area contributed by atoms with Crippen molar-refractivity contribution in [1.29, 1.82) is 0 Å². The third-order valence-corrected chi connectivity index (χ3v) is 2.38. The molecule has 2 aromatic rings. The van der Waals surface area contributed by atoms with Crippen LogP contribution in [0.3, 0.4) is 0 Å². The monoisotopic (exact) mass is 256 g/mol. The van der Waals surface area contributed by atoms with Gasteiger partial charge in [-0.05, 0) is 42.0 Å². The number of aromatic hydroxyl groups is 2. The number of benzene rings is 2. The van der Waals surface area contributed by atoms with Gasteiger partial charge in [-0.3, -0.25) is 4.79 Å². The summed E-state index contributed by atoms with van der Waals surface area (Å²) in [6, 6.07) is 12.3. The molecule has 0 saturated carbocycles. The molecule has 1 amide bonds. The number of nitrogens with zero attached hydrogens (tertiary/aromatic N) is 1.